The number of carbonyl (C=O) groups excluding carboxylic acids is 1. The van der Waals surface area contributed by atoms with Crippen LogP contribution in [0.5, 0.6) is 0 Å². The predicted molar refractivity (Wildman–Crippen MR) is 53.4 cm³/mol. The van der Waals surface area contributed by atoms with Crippen LogP contribution in [-0.2, 0) is 4.79 Å². The van der Waals surface area contributed by atoms with Crippen molar-refractivity contribution in [3.8, 4) is 0 Å². The highest BCUT2D eigenvalue weighted by Gasteiger charge is 2.13. The average molecular weight is 187 g/mol. The molecule has 0 aromatic rings. The van der Waals surface area contributed by atoms with Crippen molar-refractivity contribution in [3.63, 3.8) is 0 Å². The molecule has 1 unspecified atom stereocenters. The summed E-state index contributed by atoms with van der Waals surface area (Å²) >= 11 is 0. The SMILES string of the molecule is CCC(C)CC(=O)N(CC)CCO. The Kier molecular flexibility index (Phi) is 6.59. The Hall–Kier alpha value is -0.570. The molecule has 1 amide bonds. The molecule has 0 spiro atoms. The van der Waals surface area contributed by atoms with Gasteiger partial charge in [-0.2, -0.15) is 0 Å². The van der Waals surface area contributed by atoms with Gasteiger partial charge in [0.1, 0.15) is 0 Å². The number of aliphatic hydroxyl groups is 1. The number of carbonyl (C=O) groups is 1. The van der Waals surface area contributed by atoms with Gasteiger partial charge in [-0.1, -0.05) is 20.3 Å². The first kappa shape index (κ1) is 12.4. The van der Waals surface area contributed by atoms with Gasteiger partial charge in [0.2, 0.25) is 5.91 Å². The highest BCUT2D eigenvalue weighted by molar-refractivity contribution is 5.76. The molecule has 0 aliphatic heterocycles. The van der Waals surface area contributed by atoms with Crippen LogP contribution in [0.1, 0.15) is 33.6 Å². The molecule has 0 saturated heterocycles. The average Bonchev–Trinajstić information content (AvgIpc) is 2.13. The minimum absolute atomic E-state index is 0.0556. The van der Waals surface area contributed by atoms with E-state index in [0.717, 1.165) is 6.42 Å². The van der Waals surface area contributed by atoms with Crippen molar-refractivity contribution >= 4 is 5.91 Å². The summed E-state index contributed by atoms with van der Waals surface area (Å²) < 4.78 is 0. The largest absolute Gasteiger partial charge is 0.395 e. The fourth-order valence-corrected chi connectivity index (χ4v) is 1.15. The van der Waals surface area contributed by atoms with Crippen LogP contribution in [0.2, 0.25) is 0 Å². The normalized spacial score (nSPS) is 12.6. The number of hydrogen-bond donors (Lipinski definition) is 1. The summed E-state index contributed by atoms with van der Waals surface area (Å²) in [6.45, 7) is 7.30. The van der Waals surface area contributed by atoms with E-state index in [1.54, 1.807) is 4.90 Å². The van der Waals surface area contributed by atoms with Crippen LogP contribution in [0.15, 0.2) is 0 Å². The molecule has 0 fully saturated rings. The maximum absolute atomic E-state index is 11.5. The number of amides is 1. The Morgan fingerprint density at radius 2 is 2.08 bits per heavy atom. The zero-order valence-electron chi connectivity index (χ0n) is 8.92. The van der Waals surface area contributed by atoms with E-state index in [0.29, 0.717) is 25.4 Å². The second kappa shape index (κ2) is 6.89. The molecule has 0 aliphatic carbocycles. The Balaban J connectivity index is 3.90. The molecular weight excluding hydrogens is 166 g/mol. The number of rotatable bonds is 6. The lowest BCUT2D eigenvalue weighted by atomic mass is 10.0. The molecule has 3 nitrogen and oxygen atoms in total. The molecule has 0 saturated carbocycles. The van der Waals surface area contributed by atoms with Crippen molar-refractivity contribution in [2.24, 2.45) is 5.92 Å². The Labute approximate surface area is 80.7 Å². The highest BCUT2D eigenvalue weighted by atomic mass is 16.3. The predicted octanol–water partition coefficient (Wildman–Crippen LogP) is 1.26. The Bertz CT molecular complexity index is 148. The van der Waals surface area contributed by atoms with Crippen LogP contribution in [0, 0.1) is 5.92 Å². The third kappa shape index (κ3) is 4.88. The molecule has 0 aliphatic rings. The van der Waals surface area contributed by atoms with Gasteiger partial charge in [0.25, 0.3) is 0 Å². The van der Waals surface area contributed by atoms with Gasteiger partial charge < -0.3 is 10.0 Å². The van der Waals surface area contributed by atoms with Gasteiger partial charge >= 0.3 is 0 Å². The second-order valence-electron chi connectivity index (χ2n) is 3.41. The lowest BCUT2D eigenvalue weighted by molar-refractivity contribution is -0.132. The molecule has 3 heteroatoms. The lowest BCUT2D eigenvalue weighted by Crippen LogP contribution is -2.34. The van der Waals surface area contributed by atoms with Gasteiger partial charge in [0.05, 0.1) is 6.61 Å². The minimum Gasteiger partial charge on any atom is -0.395 e. The maximum Gasteiger partial charge on any atom is 0.222 e. The van der Waals surface area contributed by atoms with Crippen molar-refractivity contribution in [1.82, 2.24) is 4.90 Å². The number of aliphatic hydroxyl groups excluding tert-OH is 1. The van der Waals surface area contributed by atoms with Gasteiger partial charge in [0.15, 0.2) is 0 Å². The number of hydrogen-bond acceptors (Lipinski definition) is 2. The molecule has 1 N–H and O–H groups in total. The highest BCUT2D eigenvalue weighted by Crippen LogP contribution is 2.08. The minimum atomic E-state index is 0.0556. The van der Waals surface area contributed by atoms with Gasteiger partial charge in [-0.15, -0.1) is 0 Å². The third-order valence-electron chi connectivity index (χ3n) is 2.32. The monoisotopic (exact) mass is 187 g/mol. The van der Waals surface area contributed by atoms with Crippen molar-refractivity contribution in [2.45, 2.75) is 33.6 Å². The molecule has 0 aromatic carbocycles. The standard InChI is InChI=1S/C10H21NO2/c1-4-9(3)8-10(13)11(5-2)6-7-12/h9,12H,4-8H2,1-3H3. The van der Waals surface area contributed by atoms with Crippen LogP contribution in [0.25, 0.3) is 0 Å². The van der Waals surface area contributed by atoms with E-state index in [4.69, 9.17) is 5.11 Å². The van der Waals surface area contributed by atoms with Gasteiger partial charge in [-0.25, -0.2) is 0 Å². The summed E-state index contributed by atoms with van der Waals surface area (Å²) in [6.07, 6.45) is 1.63. The van der Waals surface area contributed by atoms with Crippen molar-refractivity contribution in [2.75, 3.05) is 19.7 Å². The Morgan fingerprint density at radius 1 is 1.46 bits per heavy atom. The first-order valence-electron chi connectivity index (χ1n) is 5.04. The second-order valence-corrected chi connectivity index (χ2v) is 3.41. The summed E-state index contributed by atoms with van der Waals surface area (Å²) in [4.78, 5) is 13.2. The lowest BCUT2D eigenvalue weighted by Gasteiger charge is -2.21. The third-order valence-corrected chi connectivity index (χ3v) is 2.32. The Morgan fingerprint density at radius 3 is 2.46 bits per heavy atom. The van der Waals surface area contributed by atoms with Gasteiger partial charge in [0, 0.05) is 19.5 Å². The number of nitrogens with zero attached hydrogens (tertiary/aromatic N) is 1. The molecule has 0 aromatic heterocycles. The summed E-state index contributed by atoms with van der Waals surface area (Å²) in [5, 5.41) is 8.71. The molecule has 78 valence electrons. The first-order chi connectivity index (χ1) is 6.15. The summed E-state index contributed by atoms with van der Waals surface area (Å²) in [5.41, 5.74) is 0. The van der Waals surface area contributed by atoms with E-state index in [9.17, 15) is 4.79 Å². The van der Waals surface area contributed by atoms with Crippen LogP contribution in [0.3, 0.4) is 0 Å². The summed E-state index contributed by atoms with van der Waals surface area (Å²) in [5.74, 6) is 0.603. The maximum atomic E-state index is 11.5. The van der Waals surface area contributed by atoms with E-state index < -0.39 is 0 Å². The van der Waals surface area contributed by atoms with E-state index in [1.807, 2.05) is 6.92 Å². The molecule has 0 rings (SSSR count). The van der Waals surface area contributed by atoms with Crippen LogP contribution >= 0.6 is 0 Å². The van der Waals surface area contributed by atoms with E-state index in [1.165, 1.54) is 0 Å². The number of likely N-dealkylation sites (N-methyl/N-ethyl adjacent to an activating group) is 1. The first-order valence-corrected chi connectivity index (χ1v) is 5.04. The zero-order valence-corrected chi connectivity index (χ0v) is 8.92. The van der Waals surface area contributed by atoms with Crippen LogP contribution in [-0.4, -0.2) is 35.6 Å². The molecular formula is C10H21NO2. The van der Waals surface area contributed by atoms with Crippen molar-refractivity contribution < 1.29 is 9.90 Å². The van der Waals surface area contributed by atoms with Gasteiger partial charge in [-0.05, 0) is 12.8 Å². The van der Waals surface area contributed by atoms with E-state index in [2.05, 4.69) is 13.8 Å². The molecule has 1 atom stereocenters. The van der Waals surface area contributed by atoms with E-state index >= 15 is 0 Å². The smallest absolute Gasteiger partial charge is 0.222 e. The van der Waals surface area contributed by atoms with Crippen LogP contribution < -0.4 is 0 Å². The topological polar surface area (TPSA) is 40.5 Å². The van der Waals surface area contributed by atoms with Gasteiger partial charge in [-0.3, -0.25) is 4.79 Å². The molecule has 0 bridgehead atoms. The summed E-state index contributed by atoms with van der Waals surface area (Å²) in [7, 11) is 0. The summed E-state index contributed by atoms with van der Waals surface area (Å²) in [6, 6.07) is 0. The van der Waals surface area contributed by atoms with Crippen molar-refractivity contribution in [3.05, 3.63) is 0 Å². The van der Waals surface area contributed by atoms with Crippen molar-refractivity contribution in [1.29, 1.82) is 0 Å². The van der Waals surface area contributed by atoms with Crippen LogP contribution in [0.4, 0.5) is 0 Å². The molecule has 13 heavy (non-hydrogen) atoms. The fourth-order valence-electron chi connectivity index (χ4n) is 1.15. The molecule has 0 heterocycles. The van der Waals surface area contributed by atoms with E-state index in [-0.39, 0.29) is 12.5 Å². The quantitative estimate of drug-likeness (QED) is 0.680. The molecule has 0 radical (unpaired) electrons. The zero-order chi connectivity index (χ0) is 10.3. The fraction of sp³-hybridized carbons (Fsp3) is 0.900.